The van der Waals surface area contributed by atoms with Crippen LogP contribution in [0.25, 0.3) is 0 Å². The van der Waals surface area contributed by atoms with Crippen LogP contribution in [0, 0.1) is 0 Å². The second kappa shape index (κ2) is 7.34. The third-order valence-corrected chi connectivity index (χ3v) is 4.38. The van der Waals surface area contributed by atoms with Crippen LogP contribution in [0.5, 0.6) is 0 Å². The van der Waals surface area contributed by atoms with Gasteiger partial charge in [-0.1, -0.05) is 19.8 Å². The van der Waals surface area contributed by atoms with E-state index in [1.54, 1.807) is 0 Å². The Morgan fingerprint density at radius 3 is 2.59 bits per heavy atom. The molecule has 3 nitrogen and oxygen atoms in total. The van der Waals surface area contributed by atoms with Gasteiger partial charge in [-0.15, -0.1) is 0 Å². The van der Waals surface area contributed by atoms with Gasteiger partial charge in [-0.25, -0.2) is 0 Å². The number of piperazine rings is 1. The molecule has 2 rings (SSSR count). The fourth-order valence-electron chi connectivity index (χ4n) is 3.20. The topological polar surface area (TPSA) is 18.5 Å². The number of hydrogen-bond acceptors (Lipinski definition) is 3. The van der Waals surface area contributed by atoms with Crippen LogP contribution in [0.4, 0.5) is 0 Å². The zero-order chi connectivity index (χ0) is 11.9. The predicted molar refractivity (Wildman–Crippen MR) is 73.4 cm³/mol. The third kappa shape index (κ3) is 4.23. The molecule has 1 atom stereocenters. The standard InChI is InChI=1S/C14H29N3/c1-2-14-6-4-3-5-9-17(14)13-12-16-10-7-15-8-11-16/h14-15H,2-13H2,1H3. The monoisotopic (exact) mass is 239 g/mol. The average Bonchev–Trinajstić information content (AvgIpc) is 2.62. The van der Waals surface area contributed by atoms with Gasteiger partial charge in [0.05, 0.1) is 0 Å². The van der Waals surface area contributed by atoms with Crippen molar-refractivity contribution in [1.29, 1.82) is 0 Å². The summed E-state index contributed by atoms with van der Waals surface area (Å²) in [6, 6.07) is 0.861. The molecule has 0 saturated carbocycles. The molecule has 100 valence electrons. The Balaban J connectivity index is 1.74. The average molecular weight is 239 g/mol. The highest BCUT2D eigenvalue weighted by Crippen LogP contribution is 2.18. The Morgan fingerprint density at radius 1 is 1.00 bits per heavy atom. The van der Waals surface area contributed by atoms with Gasteiger partial charge in [0.2, 0.25) is 0 Å². The molecule has 2 fully saturated rings. The zero-order valence-electron chi connectivity index (χ0n) is 11.5. The van der Waals surface area contributed by atoms with Crippen molar-refractivity contribution in [1.82, 2.24) is 15.1 Å². The van der Waals surface area contributed by atoms with E-state index in [1.165, 1.54) is 77.9 Å². The van der Waals surface area contributed by atoms with Crippen LogP contribution >= 0.6 is 0 Å². The number of rotatable bonds is 4. The Labute approximate surface area is 107 Å². The first-order valence-corrected chi connectivity index (χ1v) is 7.57. The maximum Gasteiger partial charge on any atom is 0.0112 e. The Bertz CT molecular complexity index is 202. The van der Waals surface area contributed by atoms with Crippen molar-refractivity contribution in [2.75, 3.05) is 45.8 Å². The minimum Gasteiger partial charge on any atom is -0.314 e. The zero-order valence-corrected chi connectivity index (χ0v) is 11.5. The van der Waals surface area contributed by atoms with Gasteiger partial charge in [0.1, 0.15) is 0 Å². The molecule has 0 aromatic carbocycles. The molecule has 1 N–H and O–H groups in total. The maximum atomic E-state index is 3.43. The van der Waals surface area contributed by atoms with Crippen molar-refractivity contribution in [2.24, 2.45) is 0 Å². The van der Waals surface area contributed by atoms with E-state index in [4.69, 9.17) is 0 Å². The van der Waals surface area contributed by atoms with Crippen molar-refractivity contribution >= 4 is 0 Å². The van der Waals surface area contributed by atoms with Gasteiger partial charge in [0, 0.05) is 45.3 Å². The largest absolute Gasteiger partial charge is 0.314 e. The van der Waals surface area contributed by atoms with Gasteiger partial charge in [-0.2, -0.15) is 0 Å². The molecule has 0 bridgehead atoms. The summed E-state index contributed by atoms with van der Waals surface area (Å²) >= 11 is 0. The van der Waals surface area contributed by atoms with E-state index in [9.17, 15) is 0 Å². The van der Waals surface area contributed by atoms with Crippen molar-refractivity contribution in [3.05, 3.63) is 0 Å². The predicted octanol–water partition coefficient (Wildman–Crippen LogP) is 1.55. The smallest absolute Gasteiger partial charge is 0.0112 e. The van der Waals surface area contributed by atoms with Crippen LogP contribution in [-0.4, -0.2) is 61.7 Å². The minimum atomic E-state index is 0.861. The lowest BCUT2D eigenvalue weighted by molar-refractivity contribution is 0.151. The van der Waals surface area contributed by atoms with Crippen LogP contribution in [0.15, 0.2) is 0 Å². The fraction of sp³-hybridized carbons (Fsp3) is 1.00. The molecular weight excluding hydrogens is 210 g/mol. The van der Waals surface area contributed by atoms with E-state index in [2.05, 4.69) is 22.0 Å². The van der Waals surface area contributed by atoms with Gasteiger partial charge < -0.3 is 5.32 Å². The molecule has 1 unspecified atom stereocenters. The lowest BCUT2D eigenvalue weighted by atomic mass is 10.1. The van der Waals surface area contributed by atoms with Crippen LogP contribution in [0.1, 0.15) is 39.0 Å². The second-order valence-electron chi connectivity index (χ2n) is 5.54. The van der Waals surface area contributed by atoms with Crippen LogP contribution in [0.3, 0.4) is 0 Å². The van der Waals surface area contributed by atoms with E-state index >= 15 is 0 Å². The molecule has 0 aliphatic carbocycles. The van der Waals surface area contributed by atoms with E-state index < -0.39 is 0 Å². The summed E-state index contributed by atoms with van der Waals surface area (Å²) in [6.07, 6.45) is 7.07. The molecule has 0 aromatic heterocycles. The fourth-order valence-corrected chi connectivity index (χ4v) is 3.20. The highest BCUT2D eigenvalue weighted by atomic mass is 15.2. The lowest BCUT2D eigenvalue weighted by Crippen LogP contribution is -2.47. The number of nitrogens with one attached hydrogen (secondary N) is 1. The second-order valence-corrected chi connectivity index (χ2v) is 5.54. The quantitative estimate of drug-likeness (QED) is 0.803. The van der Waals surface area contributed by atoms with Gasteiger partial charge in [-0.3, -0.25) is 9.80 Å². The van der Waals surface area contributed by atoms with Crippen molar-refractivity contribution < 1.29 is 0 Å². The van der Waals surface area contributed by atoms with Gasteiger partial charge in [0.15, 0.2) is 0 Å². The molecule has 0 amide bonds. The highest BCUT2D eigenvalue weighted by Gasteiger charge is 2.20. The molecule has 2 saturated heterocycles. The lowest BCUT2D eigenvalue weighted by Gasteiger charge is -2.33. The SMILES string of the molecule is CCC1CCCCCN1CCN1CCNCC1. The molecule has 0 radical (unpaired) electrons. The molecule has 2 aliphatic heterocycles. The van der Waals surface area contributed by atoms with Crippen molar-refractivity contribution in [3.63, 3.8) is 0 Å². The molecule has 17 heavy (non-hydrogen) atoms. The first kappa shape index (κ1) is 13.3. The number of likely N-dealkylation sites (tertiary alicyclic amines) is 1. The van der Waals surface area contributed by atoms with E-state index in [0.717, 1.165) is 6.04 Å². The molecule has 3 heteroatoms. The Morgan fingerprint density at radius 2 is 1.82 bits per heavy atom. The summed E-state index contributed by atoms with van der Waals surface area (Å²) in [5.41, 5.74) is 0. The summed E-state index contributed by atoms with van der Waals surface area (Å²) in [5, 5.41) is 3.43. The summed E-state index contributed by atoms with van der Waals surface area (Å²) in [6.45, 7) is 11.1. The summed E-state index contributed by atoms with van der Waals surface area (Å²) in [4.78, 5) is 5.38. The first-order chi connectivity index (χ1) is 8.40. The van der Waals surface area contributed by atoms with Crippen LogP contribution in [0.2, 0.25) is 0 Å². The van der Waals surface area contributed by atoms with E-state index in [0.29, 0.717) is 0 Å². The number of hydrogen-bond donors (Lipinski definition) is 1. The van der Waals surface area contributed by atoms with Gasteiger partial charge >= 0.3 is 0 Å². The first-order valence-electron chi connectivity index (χ1n) is 7.57. The highest BCUT2D eigenvalue weighted by molar-refractivity contribution is 4.76. The summed E-state index contributed by atoms with van der Waals surface area (Å²) in [7, 11) is 0. The summed E-state index contributed by atoms with van der Waals surface area (Å²) < 4.78 is 0. The molecule has 0 spiro atoms. The van der Waals surface area contributed by atoms with Crippen molar-refractivity contribution in [3.8, 4) is 0 Å². The summed E-state index contributed by atoms with van der Waals surface area (Å²) in [5.74, 6) is 0. The molecule has 2 aliphatic rings. The van der Waals surface area contributed by atoms with E-state index in [1.807, 2.05) is 0 Å². The molecule has 2 heterocycles. The minimum absolute atomic E-state index is 0.861. The Kier molecular flexibility index (Phi) is 5.75. The molecular formula is C14H29N3. The third-order valence-electron chi connectivity index (χ3n) is 4.38. The van der Waals surface area contributed by atoms with Crippen LogP contribution in [-0.2, 0) is 0 Å². The van der Waals surface area contributed by atoms with Gasteiger partial charge in [0.25, 0.3) is 0 Å². The Hall–Kier alpha value is -0.120. The normalized spacial score (nSPS) is 29.1. The van der Waals surface area contributed by atoms with Crippen LogP contribution < -0.4 is 5.32 Å². The maximum absolute atomic E-state index is 3.43. The molecule has 0 aromatic rings. The number of nitrogens with zero attached hydrogens (tertiary/aromatic N) is 2. The van der Waals surface area contributed by atoms with Crippen molar-refractivity contribution in [2.45, 2.75) is 45.1 Å². The van der Waals surface area contributed by atoms with Gasteiger partial charge in [-0.05, 0) is 25.8 Å². The van der Waals surface area contributed by atoms with E-state index in [-0.39, 0.29) is 0 Å².